The third kappa shape index (κ3) is 3.31. The first-order valence-corrected chi connectivity index (χ1v) is 7.53. The quantitative estimate of drug-likeness (QED) is 0.805. The molecule has 0 radical (unpaired) electrons. The first-order valence-electron chi connectivity index (χ1n) is 7.53. The van der Waals surface area contributed by atoms with Crippen LogP contribution in [-0.4, -0.2) is 25.0 Å². The van der Waals surface area contributed by atoms with Gasteiger partial charge in [-0.15, -0.1) is 0 Å². The fourth-order valence-corrected chi connectivity index (χ4v) is 2.48. The second-order valence-electron chi connectivity index (χ2n) is 5.62. The van der Waals surface area contributed by atoms with Gasteiger partial charge in [-0.05, 0) is 29.8 Å². The molecule has 1 N–H and O–H groups in total. The predicted octanol–water partition coefficient (Wildman–Crippen LogP) is 3.23. The number of hydrogen-bond acceptors (Lipinski definition) is 3. The van der Waals surface area contributed by atoms with Crippen molar-refractivity contribution >= 4 is 22.5 Å². The summed E-state index contributed by atoms with van der Waals surface area (Å²) in [6.07, 6.45) is 1.67. The Hall–Kier alpha value is -2.88. The summed E-state index contributed by atoms with van der Waals surface area (Å²) in [6.45, 7) is 0.503. The number of rotatable bonds is 4. The van der Waals surface area contributed by atoms with Crippen molar-refractivity contribution in [3.05, 3.63) is 71.9 Å². The van der Waals surface area contributed by atoms with E-state index in [4.69, 9.17) is 0 Å². The minimum absolute atomic E-state index is 0.0831. The Kier molecular flexibility index (Phi) is 4.24. The first kappa shape index (κ1) is 15.0. The molecule has 0 aliphatic heterocycles. The van der Waals surface area contributed by atoms with Crippen LogP contribution in [0.15, 0.2) is 60.8 Å². The molecule has 4 heteroatoms. The van der Waals surface area contributed by atoms with Crippen LogP contribution >= 0.6 is 0 Å². The number of carbonyl (C=O) groups excluding carboxylic acids is 1. The zero-order valence-electron chi connectivity index (χ0n) is 13.3. The molecule has 0 saturated heterocycles. The standard InChI is InChI=1S/C19H19N3O/c1-22(2)15-9-7-14(8-10-15)13-21-19(23)17-11-12-20-18-6-4-3-5-16(17)18/h3-12H,13H2,1-2H3,(H,21,23). The number of carbonyl (C=O) groups is 1. The third-order valence-corrected chi connectivity index (χ3v) is 3.80. The van der Waals surface area contributed by atoms with E-state index < -0.39 is 0 Å². The van der Waals surface area contributed by atoms with Gasteiger partial charge in [0.15, 0.2) is 0 Å². The number of nitrogens with one attached hydrogen (secondary N) is 1. The summed E-state index contributed by atoms with van der Waals surface area (Å²) >= 11 is 0. The molecule has 0 fully saturated rings. The van der Waals surface area contributed by atoms with Crippen LogP contribution in [0.4, 0.5) is 5.69 Å². The zero-order chi connectivity index (χ0) is 16.2. The molecule has 1 heterocycles. The van der Waals surface area contributed by atoms with E-state index in [0.29, 0.717) is 12.1 Å². The molecule has 0 saturated carbocycles. The highest BCUT2D eigenvalue weighted by molar-refractivity contribution is 6.05. The fourth-order valence-electron chi connectivity index (χ4n) is 2.48. The first-order chi connectivity index (χ1) is 11.1. The highest BCUT2D eigenvalue weighted by Crippen LogP contribution is 2.16. The number of aromatic nitrogens is 1. The molecule has 3 aromatic rings. The lowest BCUT2D eigenvalue weighted by Crippen LogP contribution is -2.23. The Balaban J connectivity index is 1.74. The third-order valence-electron chi connectivity index (χ3n) is 3.80. The van der Waals surface area contributed by atoms with Gasteiger partial charge < -0.3 is 10.2 Å². The van der Waals surface area contributed by atoms with Crippen molar-refractivity contribution in [2.24, 2.45) is 0 Å². The number of pyridine rings is 1. The molecule has 116 valence electrons. The lowest BCUT2D eigenvalue weighted by Gasteiger charge is -2.13. The maximum atomic E-state index is 12.5. The largest absolute Gasteiger partial charge is 0.378 e. The Morgan fingerprint density at radius 1 is 1.04 bits per heavy atom. The van der Waals surface area contributed by atoms with E-state index in [-0.39, 0.29) is 5.91 Å². The van der Waals surface area contributed by atoms with Gasteiger partial charge in [0, 0.05) is 37.9 Å². The van der Waals surface area contributed by atoms with Crippen molar-refractivity contribution in [1.82, 2.24) is 10.3 Å². The molecule has 4 nitrogen and oxygen atoms in total. The number of para-hydroxylation sites is 1. The molecule has 3 rings (SSSR count). The Morgan fingerprint density at radius 2 is 1.78 bits per heavy atom. The summed E-state index contributed by atoms with van der Waals surface area (Å²) in [5.41, 5.74) is 3.69. The van der Waals surface area contributed by atoms with Gasteiger partial charge in [0.2, 0.25) is 0 Å². The molecule has 0 bridgehead atoms. The van der Waals surface area contributed by atoms with Crippen LogP contribution in [0, 0.1) is 0 Å². The Morgan fingerprint density at radius 3 is 2.52 bits per heavy atom. The van der Waals surface area contributed by atoms with Gasteiger partial charge in [-0.25, -0.2) is 0 Å². The maximum Gasteiger partial charge on any atom is 0.252 e. The van der Waals surface area contributed by atoms with Gasteiger partial charge in [-0.1, -0.05) is 30.3 Å². The summed E-state index contributed by atoms with van der Waals surface area (Å²) in [7, 11) is 4.01. The molecule has 2 aromatic carbocycles. The normalized spacial score (nSPS) is 10.5. The van der Waals surface area contributed by atoms with E-state index in [1.54, 1.807) is 12.3 Å². The van der Waals surface area contributed by atoms with E-state index in [1.165, 1.54) is 0 Å². The van der Waals surface area contributed by atoms with Crippen LogP contribution in [0.25, 0.3) is 10.9 Å². The average molecular weight is 305 g/mol. The van der Waals surface area contributed by atoms with E-state index in [0.717, 1.165) is 22.2 Å². The van der Waals surface area contributed by atoms with Crippen LogP contribution in [0.1, 0.15) is 15.9 Å². The Labute approximate surface area is 135 Å². The molecular weight excluding hydrogens is 286 g/mol. The van der Waals surface area contributed by atoms with Crippen molar-refractivity contribution in [2.75, 3.05) is 19.0 Å². The summed E-state index contributed by atoms with van der Waals surface area (Å²) in [5, 5.41) is 3.85. The monoisotopic (exact) mass is 305 g/mol. The lowest BCUT2D eigenvalue weighted by molar-refractivity contribution is 0.0952. The average Bonchev–Trinajstić information content (AvgIpc) is 2.59. The minimum Gasteiger partial charge on any atom is -0.378 e. The van der Waals surface area contributed by atoms with E-state index in [1.807, 2.05) is 67.5 Å². The molecule has 0 unspecified atom stereocenters. The number of hydrogen-bond donors (Lipinski definition) is 1. The summed E-state index contributed by atoms with van der Waals surface area (Å²) in [4.78, 5) is 18.8. The summed E-state index contributed by atoms with van der Waals surface area (Å²) in [5.74, 6) is -0.0831. The molecule has 1 aromatic heterocycles. The highest BCUT2D eigenvalue weighted by Gasteiger charge is 2.09. The van der Waals surface area contributed by atoms with Crippen molar-refractivity contribution in [2.45, 2.75) is 6.54 Å². The molecular formula is C19H19N3O. The second-order valence-corrected chi connectivity index (χ2v) is 5.62. The number of benzene rings is 2. The van der Waals surface area contributed by atoms with Crippen LogP contribution in [0.3, 0.4) is 0 Å². The van der Waals surface area contributed by atoms with Gasteiger partial charge in [0.1, 0.15) is 0 Å². The van der Waals surface area contributed by atoms with Gasteiger partial charge in [0.25, 0.3) is 5.91 Å². The van der Waals surface area contributed by atoms with E-state index in [2.05, 4.69) is 10.3 Å². The summed E-state index contributed by atoms with van der Waals surface area (Å²) < 4.78 is 0. The maximum absolute atomic E-state index is 12.5. The van der Waals surface area contributed by atoms with Crippen LogP contribution in [0.5, 0.6) is 0 Å². The van der Waals surface area contributed by atoms with E-state index in [9.17, 15) is 4.79 Å². The van der Waals surface area contributed by atoms with Crippen molar-refractivity contribution < 1.29 is 4.79 Å². The van der Waals surface area contributed by atoms with Gasteiger partial charge >= 0.3 is 0 Å². The number of anilines is 1. The smallest absolute Gasteiger partial charge is 0.252 e. The van der Waals surface area contributed by atoms with Gasteiger partial charge in [-0.2, -0.15) is 0 Å². The molecule has 1 amide bonds. The zero-order valence-corrected chi connectivity index (χ0v) is 13.3. The predicted molar refractivity (Wildman–Crippen MR) is 93.7 cm³/mol. The lowest BCUT2D eigenvalue weighted by atomic mass is 10.1. The van der Waals surface area contributed by atoms with Crippen LogP contribution in [-0.2, 0) is 6.54 Å². The minimum atomic E-state index is -0.0831. The molecule has 0 aliphatic rings. The number of nitrogens with zero attached hydrogens (tertiary/aromatic N) is 2. The SMILES string of the molecule is CN(C)c1ccc(CNC(=O)c2ccnc3ccccc23)cc1. The van der Waals surface area contributed by atoms with Crippen LogP contribution < -0.4 is 10.2 Å². The highest BCUT2D eigenvalue weighted by atomic mass is 16.1. The van der Waals surface area contributed by atoms with Gasteiger partial charge in [-0.3, -0.25) is 9.78 Å². The van der Waals surface area contributed by atoms with Gasteiger partial charge in [0.05, 0.1) is 11.1 Å². The van der Waals surface area contributed by atoms with Crippen LogP contribution in [0.2, 0.25) is 0 Å². The van der Waals surface area contributed by atoms with Crippen molar-refractivity contribution in [1.29, 1.82) is 0 Å². The fraction of sp³-hybridized carbons (Fsp3) is 0.158. The number of amides is 1. The topological polar surface area (TPSA) is 45.2 Å². The molecule has 0 spiro atoms. The molecule has 0 atom stereocenters. The van der Waals surface area contributed by atoms with Crippen molar-refractivity contribution in [3.8, 4) is 0 Å². The second kappa shape index (κ2) is 6.48. The Bertz CT molecular complexity index is 820. The van der Waals surface area contributed by atoms with Crippen molar-refractivity contribution in [3.63, 3.8) is 0 Å². The number of fused-ring (bicyclic) bond motifs is 1. The summed E-state index contributed by atoms with van der Waals surface area (Å²) in [6, 6.07) is 17.6. The molecule has 23 heavy (non-hydrogen) atoms. The molecule has 0 aliphatic carbocycles. The van der Waals surface area contributed by atoms with E-state index >= 15 is 0 Å².